The molecule has 1 fully saturated rings. The van der Waals surface area contributed by atoms with E-state index in [9.17, 15) is 5.11 Å². The Hall–Kier alpha value is -0.580. The number of anilines is 1. The van der Waals surface area contributed by atoms with Gasteiger partial charge in [0.2, 0.25) is 0 Å². The molecule has 1 atom stereocenters. The summed E-state index contributed by atoms with van der Waals surface area (Å²) in [4.78, 5) is 2.35. The summed E-state index contributed by atoms with van der Waals surface area (Å²) in [7, 11) is 0. The van der Waals surface area contributed by atoms with E-state index in [0.29, 0.717) is 0 Å². The fraction of sp³-hybridized carbons (Fsp3) is 0.625. The molecule has 0 aliphatic carbocycles. The molecule has 2 rings (SSSR count). The van der Waals surface area contributed by atoms with E-state index in [2.05, 4.69) is 60.7 Å². The van der Waals surface area contributed by atoms with Crippen LogP contribution in [0.25, 0.3) is 0 Å². The van der Waals surface area contributed by atoms with Crippen molar-refractivity contribution in [3.05, 3.63) is 28.2 Å². The lowest BCUT2D eigenvalue weighted by molar-refractivity contribution is -0.133. The molecule has 0 aromatic heterocycles. The van der Waals surface area contributed by atoms with Crippen molar-refractivity contribution in [2.24, 2.45) is 0 Å². The highest BCUT2D eigenvalue weighted by atomic mass is 79.9. The second-order valence-electron chi connectivity index (χ2n) is 6.86. The lowest BCUT2D eigenvalue weighted by Crippen LogP contribution is -2.57. The minimum absolute atomic E-state index is 0.169. The molecule has 4 heteroatoms. The first kappa shape index (κ1) is 15.8. The van der Waals surface area contributed by atoms with E-state index in [0.717, 1.165) is 28.8 Å². The van der Waals surface area contributed by atoms with Crippen LogP contribution in [0.1, 0.15) is 46.3 Å². The van der Waals surface area contributed by atoms with Crippen LogP contribution in [0.5, 0.6) is 0 Å². The molecule has 1 aromatic rings. The molecule has 112 valence electrons. The number of halogens is 1. The van der Waals surface area contributed by atoms with Crippen LogP contribution in [0.4, 0.5) is 5.69 Å². The minimum Gasteiger partial charge on any atom is -0.389 e. The Labute approximate surface area is 130 Å². The number of nitrogens with zero attached hydrogens (tertiary/aromatic N) is 1. The summed E-state index contributed by atoms with van der Waals surface area (Å²) < 4.78 is 7.06. The Bertz CT molecular complexity index is 481. The summed E-state index contributed by atoms with van der Waals surface area (Å²) in [6.45, 7) is 12.0. The van der Waals surface area contributed by atoms with Crippen LogP contribution in [-0.4, -0.2) is 29.4 Å². The van der Waals surface area contributed by atoms with Crippen molar-refractivity contribution in [1.29, 1.82) is 0 Å². The zero-order chi connectivity index (χ0) is 15.1. The quantitative estimate of drug-likeness (QED) is 0.885. The van der Waals surface area contributed by atoms with Crippen LogP contribution < -0.4 is 4.90 Å². The monoisotopic (exact) mass is 341 g/mol. The minimum atomic E-state index is -0.462. The molecule has 0 radical (unpaired) electrons. The topological polar surface area (TPSA) is 32.7 Å². The molecular formula is C16H24BrNO2. The maximum absolute atomic E-state index is 9.71. The third-order valence-electron chi connectivity index (χ3n) is 3.50. The third kappa shape index (κ3) is 3.54. The molecule has 1 saturated heterocycles. The van der Waals surface area contributed by atoms with Gasteiger partial charge in [-0.1, -0.05) is 22.0 Å². The molecule has 3 nitrogen and oxygen atoms in total. The van der Waals surface area contributed by atoms with Crippen molar-refractivity contribution in [2.45, 2.75) is 51.9 Å². The van der Waals surface area contributed by atoms with Crippen LogP contribution >= 0.6 is 15.9 Å². The number of hydrogen-bond donors (Lipinski definition) is 1. The normalized spacial score (nSPS) is 22.6. The number of ether oxygens (including phenoxy) is 1. The fourth-order valence-electron chi connectivity index (χ4n) is 3.02. The number of benzene rings is 1. The molecule has 1 heterocycles. The maximum Gasteiger partial charge on any atom is 0.0808 e. The molecule has 1 aliphatic heterocycles. The van der Waals surface area contributed by atoms with Crippen molar-refractivity contribution < 1.29 is 9.84 Å². The second-order valence-corrected chi connectivity index (χ2v) is 7.71. The van der Waals surface area contributed by atoms with Gasteiger partial charge in [0.05, 0.1) is 17.3 Å². The summed E-state index contributed by atoms with van der Waals surface area (Å²) in [5.74, 6) is 0. The van der Waals surface area contributed by atoms with Gasteiger partial charge in [0.1, 0.15) is 0 Å². The van der Waals surface area contributed by atoms with Gasteiger partial charge in [-0.05, 0) is 52.3 Å². The standard InChI is InChI=1S/C16H24BrNO2/c1-11(19)13-7-6-12(8-14(13)17)18-9-15(2,3)20-16(4,5)10-18/h6-8,11,19H,9-10H2,1-5H3/t11-/m1/s1. The lowest BCUT2D eigenvalue weighted by atomic mass is 9.98. The first-order valence-electron chi connectivity index (χ1n) is 7.02. The highest BCUT2D eigenvalue weighted by molar-refractivity contribution is 9.10. The van der Waals surface area contributed by atoms with Crippen LogP contribution in [0.2, 0.25) is 0 Å². The Balaban J connectivity index is 2.29. The number of rotatable bonds is 2. The average molecular weight is 342 g/mol. The van der Waals surface area contributed by atoms with Crippen molar-refractivity contribution in [1.82, 2.24) is 0 Å². The van der Waals surface area contributed by atoms with Gasteiger partial charge in [-0.2, -0.15) is 0 Å². The molecule has 20 heavy (non-hydrogen) atoms. The number of aliphatic hydroxyl groups is 1. The van der Waals surface area contributed by atoms with E-state index in [1.54, 1.807) is 6.92 Å². The summed E-state index contributed by atoms with van der Waals surface area (Å²) >= 11 is 3.55. The maximum atomic E-state index is 9.71. The van der Waals surface area contributed by atoms with Gasteiger partial charge in [-0.25, -0.2) is 0 Å². The predicted octanol–water partition coefficient (Wildman–Crippen LogP) is 3.90. The molecular weight excluding hydrogens is 318 g/mol. The van der Waals surface area contributed by atoms with Crippen LogP contribution in [0, 0.1) is 0 Å². The smallest absolute Gasteiger partial charge is 0.0808 e. The first-order chi connectivity index (χ1) is 9.10. The summed E-state index contributed by atoms with van der Waals surface area (Å²) in [5.41, 5.74) is 1.74. The molecule has 1 N–H and O–H groups in total. The summed E-state index contributed by atoms with van der Waals surface area (Å²) in [6.07, 6.45) is -0.462. The number of aliphatic hydroxyl groups excluding tert-OH is 1. The van der Waals surface area contributed by atoms with Crippen molar-refractivity contribution in [3.8, 4) is 0 Å². The Kier molecular flexibility index (Phi) is 4.20. The highest BCUT2D eigenvalue weighted by Crippen LogP contribution is 2.34. The van der Waals surface area contributed by atoms with Crippen LogP contribution in [0.3, 0.4) is 0 Å². The van der Waals surface area contributed by atoms with E-state index in [4.69, 9.17) is 4.74 Å². The molecule has 0 bridgehead atoms. The SMILES string of the molecule is C[C@@H](O)c1ccc(N2CC(C)(C)OC(C)(C)C2)cc1Br. The fourth-order valence-corrected chi connectivity index (χ4v) is 3.72. The van der Waals surface area contributed by atoms with Crippen LogP contribution in [-0.2, 0) is 4.74 Å². The third-order valence-corrected chi connectivity index (χ3v) is 4.18. The number of hydrogen-bond acceptors (Lipinski definition) is 3. The Morgan fingerprint density at radius 1 is 1.20 bits per heavy atom. The first-order valence-corrected chi connectivity index (χ1v) is 7.82. The molecule has 0 spiro atoms. The zero-order valence-corrected chi connectivity index (χ0v) is 14.5. The van der Waals surface area contributed by atoms with Gasteiger partial charge in [0.25, 0.3) is 0 Å². The van der Waals surface area contributed by atoms with E-state index in [1.165, 1.54) is 0 Å². The predicted molar refractivity (Wildman–Crippen MR) is 86.2 cm³/mol. The summed E-state index contributed by atoms with van der Waals surface area (Å²) in [6, 6.07) is 6.14. The lowest BCUT2D eigenvalue weighted by Gasteiger charge is -2.48. The molecule has 0 saturated carbocycles. The molecule has 1 aliphatic rings. The van der Waals surface area contributed by atoms with Gasteiger partial charge in [-0.15, -0.1) is 0 Å². The molecule has 0 unspecified atom stereocenters. The van der Waals surface area contributed by atoms with Gasteiger partial charge in [-0.3, -0.25) is 0 Å². The van der Waals surface area contributed by atoms with Crippen molar-refractivity contribution >= 4 is 21.6 Å². The van der Waals surface area contributed by atoms with Crippen LogP contribution in [0.15, 0.2) is 22.7 Å². The summed E-state index contributed by atoms with van der Waals surface area (Å²) in [5, 5.41) is 9.71. The van der Waals surface area contributed by atoms with Gasteiger partial charge in [0.15, 0.2) is 0 Å². The van der Waals surface area contributed by atoms with Gasteiger partial charge >= 0.3 is 0 Å². The average Bonchev–Trinajstić information content (AvgIpc) is 2.23. The van der Waals surface area contributed by atoms with Crippen molar-refractivity contribution in [2.75, 3.05) is 18.0 Å². The van der Waals surface area contributed by atoms with Gasteiger partial charge < -0.3 is 14.7 Å². The highest BCUT2D eigenvalue weighted by Gasteiger charge is 2.38. The Morgan fingerprint density at radius 3 is 2.20 bits per heavy atom. The van der Waals surface area contributed by atoms with E-state index < -0.39 is 6.10 Å². The molecule has 0 amide bonds. The second kappa shape index (κ2) is 5.32. The van der Waals surface area contributed by atoms with E-state index in [1.807, 2.05) is 6.07 Å². The zero-order valence-electron chi connectivity index (χ0n) is 12.9. The van der Waals surface area contributed by atoms with E-state index in [-0.39, 0.29) is 11.2 Å². The molecule has 1 aromatic carbocycles. The van der Waals surface area contributed by atoms with Gasteiger partial charge in [0, 0.05) is 23.2 Å². The Morgan fingerprint density at radius 2 is 1.75 bits per heavy atom. The largest absolute Gasteiger partial charge is 0.389 e. The number of morpholine rings is 1. The van der Waals surface area contributed by atoms with Crippen molar-refractivity contribution in [3.63, 3.8) is 0 Å². The van der Waals surface area contributed by atoms with E-state index >= 15 is 0 Å².